The van der Waals surface area contributed by atoms with Gasteiger partial charge < -0.3 is 9.84 Å². The topological polar surface area (TPSA) is 47.3 Å². The van der Waals surface area contributed by atoms with Crippen LogP contribution in [0.5, 0.6) is 11.5 Å². The van der Waals surface area contributed by atoms with Gasteiger partial charge in [0.1, 0.15) is 0 Å². The van der Waals surface area contributed by atoms with Crippen molar-refractivity contribution < 1.29 is 14.2 Å². The number of benzene rings is 1. The third-order valence-corrected chi connectivity index (χ3v) is 2.77. The largest absolute Gasteiger partial charge is 0.451 e. The van der Waals surface area contributed by atoms with Crippen LogP contribution >= 0.6 is 0 Å². The number of nitrogens with zero attached hydrogens (tertiary/aromatic N) is 2. The summed E-state index contributed by atoms with van der Waals surface area (Å²) in [5.74, 6) is 0.0980. The molecule has 1 atom stereocenters. The predicted octanol–water partition coefficient (Wildman–Crippen LogP) is 3.45. The first-order chi connectivity index (χ1) is 8.97. The zero-order valence-electron chi connectivity index (χ0n) is 11.2. The second-order valence-corrected chi connectivity index (χ2v) is 4.72. The van der Waals surface area contributed by atoms with E-state index in [-0.39, 0.29) is 11.8 Å². The molecule has 5 heteroatoms. The lowest BCUT2D eigenvalue weighted by atomic mass is 10.1. The lowest BCUT2D eigenvalue weighted by Crippen LogP contribution is -1.99. The van der Waals surface area contributed by atoms with Gasteiger partial charge in [-0.05, 0) is 38.5 Å². The Bertz CT molecular complexity index is 564. The van der Waals surface area contributed by atoms with Crippen molar-refractivity contribution in [3.05, 3.63) is 42.0 Å². The van der Waals surface area contributed by atoms with Gasteiger partial charge in [-0.1, -0.05) is 6.07 Å². The second kappa shape index (κ2) is 5.40. The molecular formula is C14H17FN2O2. The van der Waals surface area contributed by atoms with Crippen LogP contribution in [0.3, 0.4) is 0 Å². The second-order valence-electron chi connectivity index (χ2n) is 4.72. The van der Waals surface area contributed by atoms with Crippen molar-refractivity contribution in [2.75, 3.05) is 0 Å². The highest BCUT2D eigenvalue weighted by atomic mass is 19.1. The first-order valence-electron chi connectivity index (χ1n) is 6.17. The molecule has 2 rings (SSSR count). The van der Waals surface area contributed by atoms with Gasteiger partial charge in [0, 0.05) is 6.04 Å². The van der Waals surface area contributed by atoms with Crippen LogP contribution < -0.4 is 4.74 Å². The van der Waals surface area contributed by atoms with Crippen LogP contribution in [-0.2, 0) is 0 Å². The van der Waals surface area contributed by atoms with Gasteiger partial charge in [-0.3, -0.25) is 4.68 Å². The van der Waals surface area contributed by atoms with E-state index in [4.69, 9.17) is 4.74 Å². The molecule has 0 fully saturated rings. The summed E-state index contributed by atoms with van der Waals surface area (Å²) in [6, 6.07) is 4.63. The molecule has 0 aliphatic rings. The SMILES string of the molecule is CC(C)n1cc(Oc2ccc([C@@H](C)O)cc2F)cn1. The fraction of sp³-hybridized carbons (Fsp3) is 0.357. The Morgan fingerprint density at radius 2 is 2.05 bits per heavy atom. The summed E-state index contributed by atoms with van der Waals surface area (Å²) in [4.78, 5) is 0. The van der Waals surface area contributed by atoms with Crippen LogP contribution in [0, 0.1) is 5.82 Å². The first-order valence-corrected chi connectivity index (χ1v) is 6.17. The van der Waals surface area contributed by atoms with E-state index in [1.807, 2.05) is 13.8 Å². The van der Waals surface area contributed by atoms with Crippen LogP contribution in [-0.4, -0.2) is 14.9 Å². The maximum atomic E-state index is 13.8. The van der Waals surface area contributed by atoms with Crippen LogP contribution in [0.2, 0.25) is 0 Å². The molecule has 0 unspecified atom stereocenters. The quantitative estimate of drug-likeness (QED) is 0.920. The lowest BCUT2D eigenvalue weighted by Gasteiger charge is -2.08. The van der Waals surface area contributed by atoms with Gasteiger partial charge in [-0.15, -0.1) is 0 Å². The molecule has 0 aliphatic carbocycles. The molecule has 19 heavy (non-hydrogen) atoms. The molecule has 1 aromatic carbocycles. The van der Waals surface area contributed by atoms with Crippen molar-refractivity contribution in [1.29, 1.82) is 0 Å². The zero-order valence-corrected chi connectivity index (χ0v) is 11.2. The Kier molecular flexibility index (Phi) is 3.85. The van der Waals surface area contributed by atoms with Crippen LogP contribution in [0.15, 0.2) is 30.6 Å². The summed E-state index contributed by atoms with van der Waals surface area (Å²) in [6.45, 7) is 5.57. The molecule has 102 valence electrons. The third kappa shape index (κ3) is 3.12. The molecule has 0 spiro atoms. The number of ether oxygens (including phenoxy) is 1. The van der Waals surface area contributed by atoms with E-state index in [1.54, 1.807) is 30.1 Å². The van der Waals surface area contributed by atoms with Gasteiger partial charge in [-0.2, -0.15) is 5.10 Å². The van der Waals surface area contributed by atoms with Crippen LogP contribution in [0.1, 0.15) is 38.5 Å². The first kappa shape index (κ1) is 13.5. The summed E-state index contributed by atoms with van der Waals surface area (Å²) in [5, 5.41) is 13.5. The summed E-state index contributed by atoms with van der Waals surface area (Å²) < 4.78 is 21.0. The Labute approximate surface area is 111 Å². The van der Waals surface area contributed by atoms with E-state index in [1.165, 1.54) is 12.1 Å². The minimum Gasteiger partial charge on any atom is -0.451 e. The number of hydrogen-bond donors (Lipinski definition) is 1. The average Bonchev–Trinajstić information content (AvgIpc) is 2.80. The van der Waals surface area contributed by atoms with Crippen molar-refractivity contribution in [1.82, 2.24) is 9.78 Å². The van der Waals surface area contributed by atoms with E-state index in [2.05, 4.69) is 5.10 Å². The zero-order chi connectivity index (χ0) is 14.0. The van der Waals surface area contributed by atoms with Crippen LogP contribution in [0.4, 0.5) is 4.39 Å². The van der Waals surface area contributed by atoms with E-state index in [0.717, 1.165) is 0 Å². The van der Waals surface area contributed by atoms with E-state index in [9.17, 15) is 9.50 Å². The number of aromatic nitrogens is 2. The number of rotatable bonds is 4. The van der Waals surface area contributed by atoms with Gasteiger partial charge in [0.25, 0.3) is 0 Å². The molecule has 2 aromatic rings. The minimum absolute atomic E-state index is 0.118. The molecule has 0 radical (unpaired) electrons. The Morgan fingerprint density at radius 1 is 1.32 bits per heavy atom. The normalized spacial score (nSPS) is 12.7. The van der Waals surface area contributed by atoms with Crippen molar-refractivity contribution in [3.8, 4) is 11.5 Å². The number of halogens is 1. The molecule has 0 amide bonds. The Morgan fingerprint density at radius 3 is 2.58 bits per heavy atom. The fourth-order valence-corrected chi connectivity index (χ4v) is 1.64. The fourth-order valence-electron chi connectivity index (χ4n) is 1.64. The van der Waals surface area contributed by atoms with Gasteiger partial charge >= 0.3 is 0 Å². The van der Waals surface area contributed by atoms with E-state index in [0.29, 0.717) is 11.3 Å². The number of aliphatic hydroxyl groups excluding tert-OH is 1. The van der Waals surface area contributed by atoms with Gasteiger partial charge in [-0.25, -0.2) is 4.39 Å². The van der Waals surface area contributed by atoms with Crippen LogP contribution in [0.25, 0.3) is 0 Å². The molecule has 0 saturated heterocycles. The summed E-state index contributed by atoms with van der Waals surface area (Å²) in [5.41, 5.74) is 0.516. The predicted molar refractivity (Wildman–Crippen MR) is 69.7 cm³/mol. The number of hydrogen-bond acceptors (Lipinski definition) is 3. The molecule has 4 nitrogen and oxygen atoms in total. The summed E-state index contributed by atoms with van der Waals surface area (Å²) >= 11 is 0. The highest BCUT2D eigenvalue weighted by molar-refractivity contribution is 5.33. The average molecular weight is 264 g/mol. The van der Waals surface area contributed by atoms with E-state index >= 15 is 0 Å². The third-order valence-electron chi connectivity index (χ3n) is 2.77. The van der Waals surface area contributed by atoms with Gasteiger partial charge in [0.2, 0.25) is 0 Å². The van der Waals surface area contributed by atoms with Crippen molar-refractivity contribution >= 4 is 0 Å². The van der Waals surface area contributed by atoms with E-state index < -0.39 is 11.9 Å². The molecule has 0 bridgehead atoms. The number of aliphatic hydroxyl groups is 1. The van der Waals surface area contributed by atoms with Crippen molar-refractivity contribution in [2.24, 2.45) is 0 Å². The highest BCUT2D eigenvalue weighted by Crippen LogP contribution is 2.27. The van der Waals surface area contributed by atoms with Gasteiger partial charge in [0.05, 0.1) is 18.5 Å². The summed E-state index contributed by atoms with van der Waals surface area (Å²) in [7, 11) is 0. The molecule has 0 saturated carbocycles. The maximum Gasteiger partial charge on any atom is 0.166 e. The summed E-state index contributed by atoms with van der Waals surface area (Å²) in [6.07, 6.45) is 2.56. The molecule has 1 aromatic heterocycles. The Hall–Kier alpha value is -1.88. The van der Waals surface area contributed by atoms with Gasteiger partial charge in [0.15, 0.2) is 17.3 Å². The molecule has 1 heterocycles. The standard InChI is InChI=1S/C14H17FN2O2/c1-9(2)17-8-12(7-16-17)19-14-5-4-11(10(3)18)6-13(14)15/h4-10,18H,1-3H3/t10-/m1/s1. The monoisotopic (exact) mass is 264 g/mol. The highest BCUT2D eigenvalue weighted by Gasteiger charge is 2.10. The Balaban J connectivity index is 2.18. The smallest absolute Gasteiger partial charge is 0.166 e. The molecular weight excluding hydrogens is 247 g/mol. The minimum atomic E-state index is -0.702. The lowest BCUT2D eigenvalue weighted by molar-refractivity contribution is 0.198. The molecule has 1 N–H and O–H groups in total. The maximum absolute atomic E-state index is 13.8. The van der Waals surface area contributed by atoms with Crippen molar-refractivity contribution in [2.45, 2.75) is 32.9 Å². The molecule has 0 aliphatic heterocycles. The van der Waals surface area contributed by atoms with Crippen molar-refractivity contribution in [3.63, 3.8) is 0 Å².